The first-order chi connectivity index (χ1) is 11.9. The van der Waals surface area contributed by atoms with Crippen molar-refractivity contribution in [1.29, 1.82) is 0 Å². The first-order valence-corrected chi connectivity index (χ1v) is 7.82. The summed E-state index contributed by atoms with van der Waals surface area (Å²) in [5, 5.41) is 0.310. The van der Waals surface area contributed by atoms with E-state index in [-0.39, 0.29) is 29.9 Å². The zero-order valence-corrected chi connectivity index (χ0v) is 14.4. The Morgan fingerprint density at radius 3 is 2.64 bits per heavy atom. The Hall–Kier alpha value is -2.87. The Bertz CT molecular complexity index is 1080. The highest BCUT2D eigenvalue weighted by Gasteiger charge is 2.15. The number of rotatable bonds is 4. The Morgan fingerprint density at radius 2 is 1.92 bits per heavy atom. The molecule has 3 rings (SSSR count). The van der Waals surface area contributed by atoms with Gasteiger partial charge < -0.3 is 9.30 Å². The minimum Gasteiger partial charge on any atom is -0.460 e. The summed E-state index contributed by atoms with van der Waals surface area (Å²) in [6.45, 7) is 0.252. The summed E-state index contributed by atoms with van der Waals surface area (Å²) in [5.74, 6) is -0.546. The maximum absolute atomic E-state index is 12.3. The molecule has 0 bridgehead atoms. The van der Waals surface area contributed by atoms with Gasteiger partial charge in [0.15, 0.2) is 11.2 Å². The molecular formula is C16H15ClN4O4. The van der Waals surface area contributed by atoms with E-state index in [1.165, 1.54) is 17.9 Å². The third-order valence-electron chi connectivity index (χ3n) is 3.88. The molecule has 0 amide bonds. The van der Waals surface area contributed by atoms with E-state index < -0.39 is 17.2 Å². The fourth-order valence-electron chi connectivity index (χ4n) is 2.51. The highest BCUT2D eigenvalue weighted by atomic mass is 35.5. The normalized spacial score (nSPS) is 11.0. The molecule has 0 aliphatic heterocycles. The van der Waals surface area contributed by atoms with Gasteiger partial charge in [-0.2, -0.15) is 0 Å². The van der Waals surface area contributed by atoms with E-state index >= 15 is 0 Å². The van der Waals surface area contributed by atoms with Crippen molar-refractivity contribution in [3.8, 4) is 0 Å². The molecule has 0 unspecified atom stereocenters. The van der Waals surface area contributed by atoms with Gasteiger partial charge in [0.1, 0.15) is 6.61 Å². The number of carbonyl (C=O) groups excluding carboxylic acids is 1. The van der Waals surface area contributed by atoms with Crippen LogP contribution >= 0.6 is 11.6 Å². The second-order valence-electron chi connectivity index (χ2n) is 5.43. The Balaban J connectivity index is 1.81. The molecule has 2 aromatic heterocycles. The molecule has 25 heavy (non-hydrogen) atoms. The second-order valence-corrected chi connectivity index (χ2v) is 5.84. The molecule has 0 aliphatic rings. The third kappa shape index (κ3) is 2.96. The van der Waals surface area contributed by atoms with E-state index in [0.717, 1.165) is 4.57 Å². The summed E-state index contributed by atoms with van der Waals surface area (Å²) in [5.41, 5.74) is -0.0668. The number of benzene rings is 1. The molecule has 1 aromatic carbocycles. The molecule has 0 N–H and O–H groups in total. The number of aromatic nitrogens is 4. The van der Waals surface area contributed by atoms with Crippen LogP contribution in [-0.4, -0.2) is 31.3 Å². The van der Waals surface area contributed by atoms with E-state index in [1.807, 2.05) is 0 Å². The fraction of sp³-hybridized carbons (Fsp3) is 0.250. The van der Waals surface area contributed by atoms with Gasteiger partial charge >= 0.3 is 11.7 Å². The highest BCUT2D eigenvalue weighted by molar-refractivity contribution is 6.33. The third-order valence-corrected chi connectivity index (χ3v) is 4.21. The van der Waals surface area contributed by atoms with Crippen LogP contribution in [0.15, 0.2) is 40.2 Å². The van der Waals surface area contributed by atoms with Gasteiger partial charge in [-0.3, -0.25) is 13.9 Å². The molecule has 0 atom stereocenters. The maximum Gasteiger partial charge on any atom is 0.339 e. The lowest BCUT2D eigenvalue weighted by molar-refractivity contribution is 0.0492. The molecule has 130 valence electrons. The average Bonchev–Trinajstić information content (AvgIpc) is 3.02. The summed E-state index contributed by atoms with van der Waals surface area (Å²) in [6, 6.07) is 6.58. The predicted molar refractivity (Wildman–Crippen MR) is 91.9 cm³/mol. The minimum absolute atomic E-state index is 0.0293. The monoisotopic (exact) mass is 362 g/mol. The predicted octanol–water partition coefficient (Wildman–Crippen LogP) is 0.944. The molecule has 0 fully saturated rings. The molecule has 0 saturated carbocycles. The molecule has 0 saturated heterocycles. The zero-order valence-electron chi connectivity index (χ0n) is 13.6. The van der Waals surface area contributed by atoms with Crippen molar-refractivity contribution in [2.75, 3.05) is 6.61 Å². The van der Waals surface area contributed by atoms with Crippen LogP contribution in [0.3, 0.4) is 0 Å². The van der Waals surface area contributed by atoms with Crippen molar-refractivity contribution >= 4 is 28.7 Å². The second kappa shape index (κ2) is 6.56. The lowest BCUT2D eigenvalue weighted by atomic mass is 10.2. The number of hydrogen-bond acceptors (Lipinski definition) is 5. The van der Waals surface area contributed by atoms with E-state index in [0.29, 0.717) is 5.02 Å². The number of ether oxygens (including phenoxy) is 1. The summed E-state index contributed by atoms with van der Waals surface area (Å²) < 4.78 is 9.06. The summed E-state index contributed by atoms with van der Waals surface area (Å²) in [4.78, 5) is 40.3. The highest BCUT2D eigenvalue weighted by Crippen LogP contribution is 2.16. The van der Waals surface area contributed by atoms with Crippen molar-refractivity contribution in [3.63, 3.8) is 0 Å². The van der Waals surface area contributed by atoms with E-state index in [2.05, 4.69) is 4.98 Å². The Morgan fingerprint density at radius 1 is 1.20 bits per heavy atom. The number of nitrogens with zero attached hydrogens (tertiary/aromatic N) is 4. The van der Waals surface area contributed by atoms with Crippen LogP contribution in [0.2, 0.25) is 5.02 Å². The van der Waals surface area contributed by atoms with Crippen molar-refractivity contribution < 1.29 is 9.53 Å². The standard InChI is InChI=1S/C16H15ClN4O4/c1-19-13-12(14(22)20(2)16(19)24)21(9-18-13)7-8-25-15(23)10-5-3-4-6-11(10)17/h3-6,9H,7-8H2,1-2H3. The van der Waals surface area contributed by atoms with Gasteiger partial charge in [0, 0.05) is 14.1 Å². The molecule has 0 radical (unpaired) electrons. The molecular weight excluding hydrogens is 348 g/mol. The Labute approximate surface area is 146 Å². The molecule has 0 spiro atoms. The van der Waals surface area contributed by atoms with Gasteiger partial charge in [-0.1, -0.05) is 23.7 Å². The Kier molecular flexibility index (Phi) is 4.45. The minimum atomic E-state index is -0.546. The number of aryl methyl sites for hydroxylation is 1. The molecule has 9 heteroatoms. The summed E-state index contributed by atoms with van der Waals surface area (Å²) in [6.07, 6.45) is 1.44. The van der Waals surface area contributed by atoms with Gasteiger partial charge in [-0.05, 0) is 12.1 Å². The average molecular weight is 363 g/mol. The molecule has 8 nitrogen and oxygen atoms in total. The van der Waals surface area contributed by atoms with Crippen LogP contribution in [-0.2, 0) is 25.4 Å². The topological polar surface area (TPSA) is 88.1 Å². The van der Waals surface area contributed by atoms with Gasteiger partial charge in [0.25, 0.3) is 5.56 Å². The lowest BCUT2D eigenvalue weighted by Gasteiger charge is -2.08. The molecule has 2 heterocycles. The number of hydrogen-bond donors (Lipinski definition) is 0. The number of halogens is 1. The first-order valence-electron chi connectivity index (χ1n) is 7.44. The number of fused-ring (bicyclic) bond motifs is 1. The summed E-state index contributed by atoms with van der Waals surface area (Å²) >= 11 is 5.95. The van der Waals surface area contributed by atoms with Crippen molar-refractivity contribution in [3.05, 3.63) is 62.0 Å². The number of esters is 1. The van der Waals surface area contributed by atoms with Gasteiger partial charge in [-0.15, -0.1) is 0 Å². The number of imidazole rings is 1. The van der Waals surface area contributed by atoms with Crippen LogP contribution in [0, 0.1) is 0 Å². The van der Waals surface area contributed by atoms with E-state index in [1.54, 1.807) is 35.9 Å². The van der Waals surface area contributed by atoms with Crippen molar-refractivity contribution in [2.24, 2.45) is 14.1 Å². The largest absolute Gasteiger partial charge is 0.460 e. The first kappa shape index (κ1) is 17.0. The van der Waals surface area contributed by atoms with Crippen LogP contribution in [0.5, 0.6) is 0 Å². The smallest absolute Gasteiger partial charge is 0.339 e. The SMILES string of the molecule is Cn1c(=O)c2c(ncn2CCOC(=O)c2ccccc2Cl)n(C)c1=O. The van der Waals surface area contributed by atoms with E-state index in [9.17, 15) is 14.4 Å². The van der Waals surface area contributed by atoms with E-state index in [4.69, 9.17) is 16.3 Å². The quantitative estimate of drug-likeness (QED) is 0.645. The van der Waals surface area contributed by atoms with Crippen LogP contribution < -0.4 is 11.2 Å². The van der Waals surface area contributed by atoms with Crippen molar-refractivity contribution in [2.45, 2.75) is 6.54 Å². The van der Waals surface area contributed by atoms with Crippen LogP contribution in [0.25, 0.3) is 11.2 Å². The fourth-order valence-corrected chi connectivity index (χ4v) is 2.72. The van der Waals surface area contributed by atoms with Crippen LogP contribution in [0.4, 0.5) is 0 Å². The molecule has 0 aliphatic carbocycles. The van der Waals surface area contributed by atoms with Gasteiger partial charge in [0.2, 0.25) is 0 Å². The van der Waals surface area contributed by atoms with Crippen LogP contribution in [0.1, 0.15) is 10.4 Å². The maximum atomic E-state index is 12.3. The van der Waals surface area contributed by atoms with Gasteiger partial charge in [0.05, 0.1) is 23.5 Å². The van der Waals surface area contributed by atoms with Gasteiger partial charge in [-0.25, -0.2) is 14.6 Å². The zero-order chi connectivity index (χ0) is 18.1. The number of carbonyl (C=O) groups is 1. The molecule has 3 aromatic rings. The van der Waals surface area contributed by atoms with Crippen molar-refractivity contribution in [1.82, 2.24) is 18.7 Å². The summed E-state index contributed by atoms with van der Waals surface area (Å²) in [7, 11) is 2.94. The lowest BCUT2D eigenvalue weighted by Crippen LogP contribution is -2.37.